The summed E-state index contributed by atoms with van der Waals surface area (Å²) < 4.78 is 57.6. The molecule has 1 atom stereocenters. The number of hydrogen-bond donors (Lipinski definition) is 0. The molecular formula is C19H18ClF3O4S. The quantitative estimate of drug-likeness (QED) is 0.587. The van der Waals surface area contributed by atoms with Crippen LogP contribution in [-0.4, -0.2) is 21.3 Å². The molecule has 1 unspecified atom stereocenters. The summed E-state index contributed by atoms with van der Waals surface area (Å²) in [6.07, 6.45) is 0.119. The van der Waals surface area contributed by atoms with Crippen LogP contribution in [0.1, 0.15) is 26.3 Å². The molecule has 0 fully saturated rings. The van der Waals surface area contributed by atoms with Gasteiger partial charge in [-0.05, 0) is 49.6 Å². The third-order valence-corrected chi connectivity index (χ3v) is 4.35. The van der Waals surface area contributed by atoms with Crippen LogP contribution in [0.5, 0.6) is 5.75 Å². The molecule has 0 spiro atoms. The first kappa shape index (κ1) is 22.2. The zero-order valence-corrected chi connectivity index (χ0v) is 16.9. The monoisotopic (exact) mass is 434 g/mol. The van der Waals surface area contributed by atoms with E-state index in [-0.39, 0.29) is 23.2 Å². The van der Waals surface area contributed by atoms with E-state index >= 15 is 0 Å². The van der Waals surface area contributed by atoms with Gasteiger partial charge in [0.2, 0.25) is 0 Å². The van der Waals surface area contributed by atoms with E-state index in [0.717, 1.165) is 11.1 Å². The Labute approximate surface area is 168 Å². The van der Waals surface area contributed by atoms with Gasteiger partial charge < -0.3 is 8.92 Å². The first-order chi connectivity index (χ1) is 12.8. The van der Waals surface area contributed by atoms with Crippen LogP contribution in [0.4, 0.5) is 13.2 Å². The van der Waals surface area contributed by atoms with Gasteiger partial charge in [-0.25, -0.2) is 4.21 Å². The number of carbonyl (C=O) groups excluding carboxylic acids is 1. The molecule has 152 valence electrons. The van der Waals surface area contributed by atoms with Gasteiger partial charge in [0, 0.05) is 0 Å². The molecule has 0 amide bonds. The lowest BCUT2D eigenvalue weighted by Crippen LogP contribution is -2.24. The van der Waals surface area contributed by atoms with E-state index in [0.29, 0.717) is 5.56 Å². The van der Waals surface area contributed by atoms with Crippen molar-refractivity contribution < 1.29 is 31.1 Å². The highest BCUT2D eigenvalue weighted by Gasteiger charge is 2.40. The summed E-state index contributed by atoms with van der Waals surface area (Å²) in [4.78, 5) is 11.9. The lowest BCUT2D eigenvalue weighted by atomic mass is 10.0. The fourth-order valence-corrected chi connectivity index (χ4v) is 2.90. The van der Waals surface area contributed by atoms with Gasteiger partial charge in [0.1, 0.15) is 5.60 Å². The van der Waals surface area contributed by atoms with Crippen LogP contribution in [0.25, 0.3) is 11.1 Å². The standard InChI is InChI=1S/C19H18ClF3O4S/c1-18(2,3)26-17(24)10-12-4-6-13(7-5-12)14-8-9-16(15(20)11-14)27-28(25)19(21,22)23/h4-9,11H,10H2,1-3H3. The highest BCUT2D eigenvalue weighted by Crippen LogP contribution is 2.33. The van der Waals surface area contributed by atoms with Gasteiger partial charge in [0.25, 0.3) is 0 Å². The summed E-state index contributed by atoms with van der Waals surface area (Å²) in [5.74, 6) is -0.676. The van der Waals surface area contributed by atoms with E-state index < -0.39 is 22.2 Å². The Kier molecular flexibility index (Phi) is 6.77. The van der Waals surface area contributed by atoms with E-state index in [1.807, 2.05) is 0 Å². The zero-order valence-electron chi connectivity index (χ0n) is 15.3. The Balaban J connectivity index is 2.11. The van der Waals surface area contributed by atoms with Crippen molar-refractivity contribution in [3.05, 3.63) is 53.1 Å². The van der Waals surface area contributed by atoms with E-state index in [4.69, 9.17) is 16.3 Å². The van der Waals surface area contributed by atoms with Crippen LogP contribution >= 0.6 is 11.6 Å². The molecule has 0 bridgehead atoms. The van der Waals surface area contributed by atoms with Crippen LogP contribution in [0, 0.1) is 0 Å². The molecule has 0 saturated carbocycles. The van der Waals surface area contributed by atoms with E-state index in [1.165, 1.54) is 18.2 Å². The number of carbonyl (C=O) groups is 1. The minimum Gasteiger partial charge on any atom is -0.460 e. The molecule has 0 heterocycles. The van der Waals surface area contributed by atoms with Crippen molar-refractivity contribution in [1.82, 2.24) is 0 Å². The molecule has 0 aliphatic carbocycles. The average molecular weight is 435 g/mol. The summed E-state index contributed by atoms with van der Waals surface area (Å²) in [7, 11) is 0. The van der Waals surface area contributed by atoms with Crippen LogP contribution in [0.2, 0.25) is 5.02 Å². The zero-order chi connectivity index (χ0) is 21.1. The Morgan fingerprint density at radius 1 is 1.04 bits per heavy atom. The molecule has 0 N–H and O–H groups in total. The van der Waals surface area contributed by atoms with Gasteiger partial charge in [0.05, 0.1) is 11.4 Å². The number of hydrogen-bond acceptors (Lipinski definition) is 4. The third-order valence-electron chi connectivity index (χ3n) is 3.34. The molecule has 9 heteroatoms. The minimum absolute atomic E-state index is 0.104. The largest absolute Gasteiger partial charge is 0.508 e. The maximum Gasteiger partial charge on any atom is 0.508 e. The smallest absolute Gasteiger partial charge is 0.460 e. The second-order valence-electron chi connectivity index (χ2n) is 6.87. The van der Waals surface area contributed by atoms with E-state index in [9.17, 15) is 22.2 Å². The number of esters is 1. The maximum atomic E-state index is 12.3. The second-order valence-corrected chi connectivity index (χ2v) is 8.38. The van der Waals surface area contributed by atoms with Gasteiger partial charge in [-0.3, -0.25) is 4.79 Å². The number of alkyl halides is 3. The number of benzene rings is 2. The molecule has 2 aromatic carbocycles. The van der Waals surface area contributed by atoms with Crippen molar-refractivity contribution in [2.75, 3.05) is 0 Å². The van der Waals surface area contributed by atoms with Gasteiger partial charge in [-0.15, -0.1) is 0 Å². The molecule has 0 aliphatic rings. The molecule has 0 radical (unpaired) electrons. The fourth-order valence-electron chi connectivity index (χ4n) is 2.24. The molecule has 0 aromatic heterocycles. The second kappa shape index (κ2) is 8.53. The van der Waals surface area contributed by atoms with Gasteiger partial charge in [0.15, 0.2) is 5.75 Å². The van der Waals surface area contributed by atoms with E-state index in [2.05, 4.69) is 4.18 Å². The van der Waals surface area contributed by atoms with E-state index in [1.54, 1.807) is 45.0 Å². The van der Waals surface area contributed by atoms with Crippen molar-refractivity contribution in [2.45, 2.75) is 38.3 Å². The molecule has 0 aliphatic heterocycles. The molecule has 2 aromatic rings. The van der Waals surface area contributed by atoms with Crippen molar-refractivity contribution in [3.63, 3.8) is 0 Å². The third kappa shape index (κ3) is 6.53. The Morgan fingerprint density at radius 2 is 1.61 bits per heavy atom. The summed E-state index contributed by atoms with van der Waals surface area (Å²) in [5, 5.41) is -0.104. The lowest BCUT2D eigenvalue weighted by molar-refractivity contribution is -0.153. The molecule has 0 saturated heterocycles. The first-order valence-corrected chi connectivity index (χ1v) is 9.58. The summed E-state index contributed by atoms with van der Waals surface area (Å²) in [6, 6.07) is 11.1. The van der Waals surface area contributed by atoms with Crippen molar-refractivity contribution in [1.29, 1.82) is 0 Å². The predicted octanol–water partition coefficient (Wildman–Crippen LogP) is 5.45. The number of ether oxygens (including phenoxy) is 1. The van der Waals surface area contributed by atoms with Crippen molar-refractivity contribution >= 4 is 28.7 Å². The topological polar surface area (TPSA) is 52.6 Å². The van der Waals surface area contributed by atoms with Crippen molar-refractivity contribution in [3.8, 4) is 16.9 Å². The first-order valence-electron chi connectivity index (χ1n) is 8.13. The van der Waals surface area contributed by atoms with Crippen molar-refractivity contribution in [2.24, 2.45) is 0 Å². The summed E-state index contributed by atoms with van der Waals surface area (Å²) >= 11 is 2.45. The molecule has 28 heavy (non-hydrogen) atoms. The van der Waals surface area contributed by atoms with Gasteiger partial charge >= 0.3 is 22.6 Å². The van der Waals surface area contributed by atoms with Crippen LogP contribution in [0.3, 0.4) is 0 Å². The predicted molar refractivity (Wildman–Crippen MR) is 101 cm³/mol. The van der Waals surface area contributed by atoms with Crippen LogP contribution in [0.15, 0.2) is 42.5 Å². The lowest BCUT2D eigenvalue weighted by Gasteiger charge is -2.19. The Bertz CT molecular complexity index is 874. The SMILES string of the molecule is CC(C)(C)OC(=O)Cc1ccc(-c2ccc(OS(=O)C(F)(F)F)c(Cl)c2)cc1. The highest BCUT2D eigenvalue weighted by molar-refractivity contribution is 7.81. The normalized spacial score (nSPS) is 13.1. The Morgan fingerprint density at radius 3 is 2.11 bits per heavy atom. The summed E-state index contributed by atoms with van der Waals surface area (Å²) in [6.45, 7) is 5.36. The molecule has 2 rings (SSSR count). The Hall–Kier alpha value is -2.06. The number of rotatable bonds is 5. The fraction of sp³-hybridized carbons (Fsp3) is 0.316. The van der Waals surface area contributed by atoms with Gasteiger partial charge in [-0.1, -0.05) is 41.9 Å². The number of halogens is 4. The van der Waals surface area contributed by atoms with Crippen LogP contribution in [-0.2, 0) is 27.0 Å². The highest BCUT2D eigenvalue weighted by atomic mass is 35.5. The molecular weight excluding hydrogens is 417 g/mol. The maximum absolute atomic E-state index is 12.3. The summed E-state index contributed by atoms with van der Waals surface area (Å²) in [5.41, 5.74) is -3.44. The molecule has 4 nitrogen and oxygen atoms in total. The minimum atomic E-state index is -4.99. The average Bonchev–Trinajstić information content (AvgIpc) is 2.54. The van der Waals surface area contributed by atoms with Gasteiger partial charge in [-0.2, -0.15) is 13.2 Å². The van der Waals surface area contributed by atoms with Crippen LogP contribution < -0.4 is 4.18 Å².